The molecule has 0 heterocycles. The van der Waals surface area contributed by atoms with Crippen molar-refractivity contribution in [1.29, 1.82) is 0 Å². The molecule has 0 aliphatic carbocycles. The van der Waals surface area contributed by atoms with Gasteiger partial charge in [0.1, 0.15) is 11.6 Å². The van der Waals surface area contributed by atoms with E-state index in [-0.39, 0.29) is 42.1 Å². The van der Waals surface area contributed by atoms with Crippen LogP contribution >= 0.6 is 13.5 Å². The first-order valence-corrected chi connectivity index (χ1v) is 9.92. The molecule has 0 spiro atoms. The van der Waals surface area contributed by atoms with E-state index in [0.29, 0.717) is 11.3 Å². The second-order valence-corrected chi connectivity index (χ2v) is 8.38. The van der Waals surface area contributed by atoms with Gasteiger partial charge in [-0.25, -0.2) is 12.8 Å². The van der Waals surface area contributed by atoms with E-state index >= 15 is 0 Å². The first-order chi connectivity index (χ1) is 12.7. The summed E-state index contributed by atoms with van der Waals surface area (Å²) in [5.74, 6) is -1.44. The minimum absolute atomic E-state index is 0. The Morgan fingerprint density at radius 2 is 1.93 bits per heavy atom. The highest BCUT2D eigenvalue weighted by molar-refractivity contribution is 7.91. The first kappa shape index (κ1) is 23.9. The molecule has 2 N–H and O–H groups in total. The van der Waals surface area contributed by atoms with Crippen LogP contribution < -0.4 is 10.1 Å². The number of aliphatic hydroxyl groups is 1. The number of aliphatic hydroxyl groups excluding tert-OH is 1. The maximum absolute atomic E-state index is 13.4. The lowest BCUT2D eigenvalue weighted by molar-refractivity contribution is 0.102. The lowest BCUT2D eigenvalue weighted by Gasteiger charge is -2.13. The van der Waals surface area contributed by atoms with Crippen molar-refractivity contribution in [2.24, 2.45) is 5.92 Å². The average molecular weight is 430 g/mol. The maximum Gasteiger partial charge on any atom is 0.259 e. The third kappa shape index (κ3) is 5.70. The largest absolute Gasteiger partial charge is 0.496 e. The van der Waals surface area contributed by atoms with Gasteiger partial charge in [0.15, 0.2) is 9.84 Å². The van der Waals surface area contributed by atoms with E-state index in [1.807, 2.05) is 0 Å². The Balaban J connectivity index is 0.00000392. The monoisotopic (exact) mass is 429 g/mol. The Bertz CT molecular complexity index is 947. The molecule has 0 fully saturated rings. The lowest BCUT2D eigenvalue weighted by atomic mass is 10.1. The highest BCUT2D eigenvalue weighted by atomic mass is 32.2. The molecule has 28 heavy (non-hydrogen) atoms. The molecule has 1 atom stereocenters. The summed E-state index contributed by atoms with van der Waals surface area (Å²) in [5, 5.41) is 11.7. The Morgan fingerprint density at radius 1 is 1.25 bits per heavy atom. The summed E-state index contributed by atoms with van der Waals surface area (Å²) in [6.45, 7) is 2.93. The van der Waals surface area contributed by atoms with Gasteiger partial charge in [-0.15, -0.1) is 0 Å². The van der Waals surface area contributed by atoms with Gasteiger partial charge in [-0.1, -0.05) is 6.92 Å². The Kier molecular flexibility index (Phi) is 8.47. The zero-order valence-corrected chi connectivity index (χ0v) is 17.6. The van der Waals surface area contributed by atoms with Crippen LogP contribution in [0.5, 0.6) is 5.75 Å². The van der Waals surface area contributed by atoms with E-state index in [1.54, 1.807) is 13.8 Å². The Hall–Kier alpha value is -2.10. The fourth-order valence-corrected chi connectivity index (χ4v) is 4.12. The van der Waals surface area contributed by atoms with Crippen molar-refractivity contribution in [2.45, 2.75) is 18.7 Å². The minimum Gasteiger partial charge on any atom is -0.496 e. The fraction of sp³-hybridized carbons (Fsp3) is 0.316. The smallest absolute Gasteiger partial charge is 0.259 e. The van der Waals surface area contributed by atoms with Gasteiger partial charge in [-0.2, -0.15) is 13.5 Å². The predicted molar refractivity (Wildman–Crippen MR) is 111 cm³/mol. The number of sulfone groups is 1. The van der Waals surface area contributed by atoms with Crippen molar-refractivity contribution < 1.29 is 27.4 Å². The van der Waals surface area contributed by atoms with Crippen LogP contribution in [0.25, 0.3) is 0 Å². The average Bonchev–Trinajstić information content (AvgIpc) is 2.63. The normalized spacial score (nSPS) is 12.0. The highest BCUT2D eigenvalue weighted by Crippen LogP contribution is 2.25. The summed E-state index contributed by atoms with van der Waals surface area (Å²) in [6.07, 6.45) is 0. The zero-order chi connectivity index (χ0) is 20.2. The molecule has 0 saturated carbocycles. The number of halogens is 1. The number of hydrogen-bond donors (Lipinski definition) is 2. The van der Waals surface area contributed by atoms with Gasteiger partial charge in [0.05, 0.1) is 23.3 Å². The second-order valence-electron chi connectivity index (χ2n) is 6.35. The van der Waals surface area contributed by atoms with Crippen molar-refractivity contribution in [3.63, 3.8) is 0 Å². The standard InChI is InChI=1S/C19H22FNO5S.H2S/c1-12(10-22)11-27(24,25)15-5-7-18(26-3)16(9-15)19(23)21-14-4-6-17(20)13(2)8-14;/h4-9,12,22H,10-11H2,1-3H3,(H,21,23);1H2/t12-;/m0./s1. The quantitative estimate of drug-likeness (QED) is 0.706. The molecule has 0 aromatic heterocycles. The first-order valence-electron chi connectivity index (χ1n) is 8.27. The number of nitrogens with one attached hydrogen (secondary N) is 1. The van der Waals surface area contributed by atoms with Crippen LogP contribution in [0.4, 0.5) is 10.1 Å². The molecule has 6 nitrogen and oxygen atoms in total. The molecular formula is C19H24FNO5S2. The number of amides is 1. The number of rotatable bonds is 7. The van der Waals surface area contributed by atoms with Gasteiger partial charge in [-0.3, -0.25) is 4.79 Å². The molecule has 0 saturated heterocycles. The van der Waals surface area contributed by atoms with E-state index < -0.39 is 27.5 Å². The third-order valence-electron chi connectivity index (χ3n) is 4.01. The molecule has 9 heteroatoms. The van der Waals surface area contributed by atoms with Crippen LogP contribution in [0, 0.1) is 18.7 Å². The van der Waals surface area contributed by atoms with E-state index in [1.165, 1.54) is 43.5 Å². The summed E-state index contributed by atoms with van der Waals surface area (Å²) in [7, 11) is -2.31. The number of ether oxygens (including phenoxy) is 1. The van der Waals surface area contributed by atoms with Gasteiger partial charge in [-0.05, 0) is 54.8 Å². The van der Waals surface area contributed by atoms with Crippen molar-refractivity contribution in [2.75, 3.05) is 24.8 Å². The minimum atomic E-state index is -3.68. The third-order valence-corrected chi connectivity index (χ3v) is 5.99. The molecule has 0 aliphatic heterocycles. The molecule has 0 bridgehead atoms. The lowest BCUT2D eigenvalue weighted by Crippen LogP contribution is -2.18. The predicted octanol–water partition coefficient (Wildman–Crippen LogP) is 2.91. The summed E-state index contributed by atoms with van der Waals surface area (Å²) in [6, 6.07) is 8.13. The van der Waals surface area contributed by atoms with Crippen LogP contribution in [0.2, 0.25) is 0 Å². The van der Waals surface area contributed by atoms with E-state index in [9.17, 15) is 17.6 Å². The molecule has 0 radical (unpaired) electrons. The van der Waals surface area contributed by atoms with E-state index in [2.05, 4.69) is 5.32 Å². The van der Waals surface area contributed by atoms with Crippen molar-refractivity contribution in [1.82, 2.24) is 0 Å². The highest BCUT2D eigenvalue weighted by Gasteiger charge is 2.22. The number of benzene rings is 2. The topological polar surface area (TPSA) is 92.7 Å². The van der Waals surface area contributed by atoms with Gasteiger partial charge < -0.3 is 15.2 Å². The molecule has 1 amide bonds. The van der Waals surface area contributed by atoms with Gasteiger partial charge >= 0.3 is 0 Å². The summed E-state index contributed by atoms with van der Waals surface area (Å²) in [4.78, 5) is 12.6. The molecule has 2 rings (SSSR count). The van der Waals surface area contributed by atoms with E-state index in [0.717, 1.165) is 0 Å². The number of carbonyl (C=O) groups excluding carboxylic acids is 1. The van der Waals surface area contributed by atoms with Crippen molar-refractivity contribution >= 4 is 34.9 Å². The molecule has 2 aromatic rings. The number of carbonyl (C=O) groups is 1. The van der Waals surface area contributed by atoms with Gasteiger partial charge in [0.2, 0.25) is 0 Å². The van der Waals surface area contributed by atoms with E-state index in [4.69, 9.17) is 9.84 Å². The molecule has 2 aromatic carbocycles. The second kappa shape index (κ2) is 9.90. The summed E-state index contributed by atoms with van der Waals surface area (Å²) >= 11 is 0. The summed E-state index contributed by atoms with van der Waals surface area (Å²) in [5.41, 5.74) is 0.786. The maximum atomic E-state index is 13.4. The van der Waals surface area contributed by atoms with Crippen LogP contribution in [-0.2, 0) is 9.84 Å². The number of methoxy groups -OCH3 is 1. The van der Waals surface area contributed by atoms with Crippen molar-refractivity contribution in [3.05, 3.63) is 53.3 Å². The van der Waals surface area contributed by atoms with Crippen LogP contribution in [0.15, 0.2) is 41.3 Å². The Labute approximate surface area is 171 Å². The number of aryl methyl sites for hydroxylation is 1. The Morgan fingerprint density at radius 3 is 2.50 bits per heavy atom. The number of anilines is 1. The SMILES string of the molecule is COc1ccc(S(=O)(=O)C[C@@H](C)CO)cc1C(=O)Nc1ccc(F)c(C)c1.S. The van der Waals surface area contributed by atoms with Crippen LogP contribution in [-0.4, -0.2) is 38.9 Å². The molecule has 0 aliphatic rings. The molecule has 154 valence electrons. The summed E-state index contributed by atoms with van der Waals surface area (Å²) < 4.78 is 43.5. The van der Waals surface area contributed by atoms with Crippen LogP contribution in [0.1, 0.15) is 22.8 Å². The van der Waals surface area contributed by atoms with Gasteiger partial charge in [0.25, 0.3) is 5.91 Å². The zero-order valence-electron chi connectivity index (χ0n) is 15.8. The van der Waals surface area contributed by atoms with Crippen molar-refractivity contribution in [3.8, 4) is 5.75 Å². The fourth-order valence-electron chi connectivity index (χ4n) is 2.50. The van der Waals surface area contributed by atoms with Crippen LogP contribution in [0.3, 0.4) is 0 Å². The molecule has 0 unspecified atom stereocenters. The number of hydrogen-bond acceptors (Lipinski definition) is 5. The van der Waals surface area contributed by atoms with Gasteiger partial charge in [0, 0.05) is 12.3 Å². The molecular weight excluding hydrogens is 405 g/mol.